The molecule has 3 rings (SSSR count). The second-order valence-electron chi connectivity index (χ2n) is 5.62. The van der Waals surface area contributed by atoms with Crippen LogP contribution in [0.2, 0.25) is 0 Å². The van der Waals surface area contributed by atoms with Crippen molar-refractivity contribution in [3.05, 3.63) is 18.6 Å². The molecular weight excluding hydrogens is 439 g/mol. The molecule has 0 atom stereocenters. The molecule has 0 aromatic carbocycles. The first-order valence-corrected chi connectivity index (χ1v) is 11.2. The van der Waals surface area contributed by atoms with Crippen LogP contribution in [-0.4, -0.2) is 58.5 Å². The van der Waals surface area contributed by atoms with E-state index in [1.54, 1.807) is 14.1 Å². The number of carbonyl (C=O) groups excluding carboxylic acids is 1. The molecule has 0 spiro atoms. The van der Waals surface area contributed by atoms with Crippen molar-refractivity contribution in [1.82, 2.24) is 24.2 Å². The van der Waals surface area contributed by atoms with Gasteiger partial charge in [0.1, 0.15) is 12.1 Å². The lowest BCUT2D eigenvalue weighted by Gasteiger charge is -2.11. The van der Waals surface area contributed by atoms with Gasteiger partial charge in [0, 0.05) is 50.6 Å². The summed E-state index contributed by atoms with van der Waals surface area (Å²) >= 11 is 2.19. The Morgan fingerprint density at radius 3 is 2.67 bits per heavy atom. The zero-order valence-corrected chi connectivity index (χ0v) is 16.9. The molecule has 1 fully saturated rings. The van der Waals surface area contributed by atoms with Crippen LogP contribution >= 0.6 is 30.3 Å². The van der Waals surface area contributed by atoms with E-state index in [2.05, 4.69) is 41.8 Å². The van der Waals surface area contributed by atoms with E-state index in [0.29, 0.717) is 5.82 Å². The third-order valence-electron chi connectivity index (χ3n) is 3.64. The minimum Gasteiger partial charge on any atom is -0.360 e. The molecule has 9 heteroatoms. The summed E-state index contributed by atoms with van der Waals surface area (Å²) in [5.74, 6) is 0.684. The van der Waals surface area contributed by atoms with Crippen molar-refractivity contribution in [1.29, 1.82) is 0 Å². The molecule has 0 radical (unpaired) electrons. The summed E-state index contributed by atoms with van der Waals surface area (Å²) in [7, 11) is 4.99. The third kappa shape index (κ3) is 5.49. The number of hydrogen-bond acceptors (Lipinski definition) is 6. The summed E-state index contributed by atoms with van der Waals surface area (Å²) in [4.78, 5) is 21.5. The Morgan fingerprint density at radius 2 is 2.12 bits per heavy atom. The molecule has 0 saturated carbocycles. The molecule has 0 unspecified atom stereocenters. The van der Waals surface area contributed by atoms with E-state index in [1.807, 2.05) is 16.2 Å². The van der Waals surface area contributed by atoms with Crippen LogP contribution in [0.5, 0.6) is 0 Å². The summed E-state index contributed by atoms with van der Waals surface area (Å²) in [5.41, 5.74) is 0.837. The van der Waals surface area contributed by atoms with Gasteiger partial charge in [0.15, 0.2) is 5.65 Å². The molecule has 1 saturated heterocycles. The van der Waals surface area contributed by atoms with Gasteiger partial charge in [-0.1, -0.05) is 6.42 Å². The van der Waals surface area contributed by atoms with Crippen LogP contribution in [0.15, 0.2) is 18.6 Å². The molecule has 2 aromatic heterocycles. The quantitative estimate of drug-likeness (QED) is 0.681. The van der Waals surface area contributed by atoms with Gasteiger partial charge in [-0.3, -0.25) is 8.77 Å². The first kappa shape index (κ1) is 19.3. The molecule has 2 N–H and O–H groups in total. The predicted molar refractivity (Wildman–Crippen MR) is 108 cm³/mol. The molecule has 24 heavy (non-hydrogen) atoms. The zero-order valence-electron chi connectivity index (χ0n) is 14.0. The Labute approximate surface area is 158 Å². The Kier molecular flexibility index (Phi) is 8.06. The fraction of sp³-hybridized carbons (Fsp3) is 0.533. The molecule has 3 heterocycles. The maximum Gasteiger partial charge on any atom is 0.241 e. The third-order valence-corrected chi connectivity index (χ3v) is 5.35. The number of nitrogens with one attached hydrogen (secondary N) is 2. The highest BCUT2D eigenvalue weighted by molar-refractivity contribution is 14.2. The number of aromatic nitrogens is 3. The summed E-state index contributed by atoms with van der Waals surface area (Å²) < 4.78 is 1.94. The van der Waals surface area contributed by atoms with Gasteiger partial charge in [0.25, 0.3) is 0 Å². The Balaban J connectivity index is 0.000000292. The molecule has 7 nitrogen and oxygen atoms in total. The molecule has 1 aliphatic heterocycles. The molecule has 2 aromatic rings. The Morgan fingerprint density at radius 1 is 1.38 bits per heavy atom. The maximum atomic E-state index is 11.5. The minimum absolute atomic E-state index is 0.00413. The monoisotopic (exact) mass is 462 g/mol. The van der Waals surface area contributed by atoms with E-state index < -0.39 is 0 Å². The number of nitrogens with zero attached hydrogens (tertiary/aromatic N) is 4. The highest BCUT2D eigenvalue weighted by Crippen LogP contribution is 2.26. The van der Waals surface area contributed by atoms with Crippen LogP contribution in [0.3, 0.4) is 0 Å². The second kappa shape index (κ2) is 10.0. The summed E-state index contributed by atoms with van der Waals surface area (Å²) in [5, 5.41) is 7.23. The first-order valence-electron chi connectivity index (χ1n) is 7.89. The average Bonchev–Trinajstić information content (AvgIpc) is 3.05. The summed E-state index contributed by atoms with van der Waals surface area (Å²) in [6, 6.07) is 1.93. The second-order valence-corrected chi connectivity index (χ2v) is 7.34. The van der Waals surface area contributed by atoms with Gasteiger partial charge in [-0.2, -0.15) is 0 Å². The van der Waals surface area contributed by atoms with Crippen LogP contribution in [0, 0.1) is 0 Å². The van der Waals surface area contributed by atoms with Gasteiger partial charge in [0.2, 0.25) is 5.91 Å². The molecule has 1 amide bonds. The van der Waals surface area contributed by atoms with Crippen LogP contribution < -0.4 is 10.6 Å². The lowest BCUT2D eigenvalue weighted by Crippen LogP contribution is -2.28. The van der Waals surface area contributed by atoms with Crippen molar-refractivity contribution in [2.75, 3.05) is 39.0 Å². The van der Waals surface area contributed by atoms with Crippen molar-refractivity contribution < 1.29 is 4.79 Å². The number of amides is 1. The van der Waals surface area contributed by atoms with Gasteiger partial charge in [-0.25, -0.2) is 9.97 Å². The van der Waals surface area contributed by atoms with Gasteiger partial charge in [0.05, 0.1) is 11.9 Å². The predicted octanol–water partition coefficient (Wildman–Crippen LogP) is 2.54. The highest BCUT2D eigenvalue weighted by atomic mass is 127. The molecule has 1 aliphatic rings. The molecular formula is C15H23IN6OS. The fourth-order valence-electron chi connectivity index (χ4n) is 2.24. The number of hydrogen-bond donors (Lipinski definition) is 2. The van der Waals surface area contributed by atoms with Crippen LogP contribution in [0.1, 0.15) is 19.3 Å². The van der Waals surface area contributed by atoms with Crippen molar-refractivity contribution in [3.8, 4) is 0 Å². The van der Waals surface area contributed by atoms with Gasteiger partial charge in [-0.15, -0.1) is 0 Å². The SMILES string of the molecule is C1CCNCC1.CN(C)C(=O)CNc1ncnc2c1ccn2SI. The average molecular weight is 462 g/mol. The highest BCUT2D eigenvalue weighted by Gasteiger charge is 2.10. The van der Waals surface area contributed by atoms with E-state index in [-0.39, 0.29) is 12.5 Å². The van der Waals surface area contributed by atoms with E-state index >= 15 is 0 Å². The summed E-state index contributed by atoms with van der Waals surface area (Å²) in [6.07, 6.45) is 7.64. The molecule has 0 bridgehead atoms. The number of likely N-dealkylation sites (N-methyl/N-ethyl adjacent to an activating group) is 1. The number of piperidine rings is 1. The van der Waals surface area contributed by atoms with Crippen molar-refractivity contribution >= 4 is 53.1 Å². The number of halogens is 1. The Hall–Kier alpha value is -1.07. The van der Waals surface area contributed by atoms with Crippen LogP contribution in [0.25, 0.3) is 11.0 Å². The van der Waals surface area contributed by atoms with E-state index in [9.17, 15) is 4.79 Å². The van der Waals surface area contributed by atoms with Crippen molar-refractivity contribution in [3.63, 3.8) is 0 Å². The number of rotatable bonds is 4. The fourth-order valence-corrected chi connectivity index (χ4v) is 3.52. The normalized spacial score (nSPS) is 14.0. The van der Waals surface area contributed by atoms with E-state index in [1.165, 1.54) is 52.7 Å². The molecule has 132 valence electrons. The van der Waals surface area contributed by atoms with Crippen LogP contribution in [-0.2, 0) is 4.79 Å². The van der Waals surface area contributed by atoms with Gasteiger partial charge in [-0.05, 0) is 32.0 Å². The number of carbonyl (C=O) groups is 1. The zero-order chi connectivity index (χ0) is 17.4. The van der Waals surface area contributed by atoms with E-state index in [4.69, 9.17) is 0 Å². The summed E-state index contributed by atoms with van der Waals surface area (Å²) in [6.45, 7) is 2.72. The standard InChI is InChI=1S/C10H12IN5OS.C5H11N/c1-15(2)8(17)5-12-9-7-3-4-16(18-11)10(7)14-6-13-9;1-2-4-6-5-3-1/h3-4,6H,5H2,1-2H3,(H,12,13,14);6H,1-5H2. The lowest BCUT2D eigenvalue weighted by molar-refractivity contribution is -0.126. The lowest BCUT2D eigenvalue weighted by atomic mass is 10.2. The van der Waals surface area contributed by atoms with Crippen molar-refractivity contribution in [2.45, 2.75) is 19.3 Å². The largest absolute Gasteiger partial charge is 0.360 e. The van der Waals surface area contributed by atoms with E-state index in [0.717, 1.165) is 11.0 Å². The van der Waals surface area contributed by atoms with Gasteiger partial charge < -0.3 is 15.5 Å². The van der Waals surface area contributed by atoms with Crippen molar-refractivity contribution in [2.24, 2.45) is 0 Å². The van der Waals surface area contributed by atoms with Gasteiger partial charge >= 0.3 is 0 Å². The number of fused-ring (bicyclic) bond motifs is 1. The minimum atomic E-state index is 0.00413. The maximum absolute atomic E-state index is 11.5. The molecule has 0 aliphatic carbocycles. The first-order chi connectivity index (χ1) is 11.6. The Bertz CT molecular complexity index is 647. The topological polar surface area (TPSA) is 75.1 Å². The van der Waals surface area contributed by atoms with Crippen LogP contribution in [0.4, 0.5) is 5.82 Å². The smallest absolute Gasteiger partial charge is 0.241 e. The number of anilines is 1.